The zero-order valence-corrected chi connectivity index (χ0v) is 18.0. The largest absolute Gasteiger partial charge is 0.368 e. The average molecular weight is 451 g/mol. The Balaban J connectivity index is 1.49. The van der Waals surface area contributed by atoms with Crippen molar-refractivity contribution in [3.8, 4) is 11.1 Å². The second kappa shape index (κ2) is 7.92. The van der Waals surface area contributed by atoms with Crippen LogP contribution in [0.4, 0.5) is 0 Å². The van der Waals surface area contributed by atoms with Crippen LogP contribution in [-0.4, -0.2) is 26.8 Å². The number of carbonyl (C=O) groups excluding carboxylic acids is 1. The molecule has 2 aromatic carbocycles. The number of nitrogens with one attached hydrogen (secondary N) is 1. The third-order valence-corrected chi connectivity index (χ3v) is 6.80. The summed E-state index contributed by atoms with van der Waals surface area (Å²) in [5.74, 6) is 0.145. The first kappa shape index (κ1) is 19.9. The number of nitrogens with zero attached hydrogens (tertiary/aromatic N) is 2. The Hall–Kier alpha value is -3.00. The Bertz CT molecular complexity index is 1350. The topological polar surface area (TPSA) is 92.1 Å². The molecule has 0 bridgehead atoms. The van der Waals surface area contributed by atoms with E-state index in [1.807, 2.05) is 40.6 Å². The molecule has 156 valence electrons. The van der Waals surface area contributed by atoms with Crippen LogP contribution in [0.3, 0.4) is 0 Å². The van der Waals surface area contributed by atoms with E-state index in [1.54, 1.807) is 12.1 Å². The van der Waals surface area contributed by atoms with Crippen molar-refractivity contribution in [2.75, 3.05) is 0 Å². The molecule has 0 radical (unpaired) electrons. The molecule has 1 aliphatic heterocycles. The number of hydrogen-bond donors (Lipinski definition) is 2. The summed E-state index contributed by atoms with van der Waals surface area (Å²) in [6.07, 6.45) is 0.553. The van der Waals surface area contributed by atoms with Gasteiger partial charge in [-0.1, -0.05) is 48.0 Å². The summed E-state index contributed by atoms with van der Waals surface area (Å²) in [4.78, 5) is 35.3. The summed E-state index contributed by atoms with van der Waals surface area (Å²) >= 11 is 7.41. The van der Waals surface area contributed by atoms with Crippen molar-refractivity contribution in [3.63, 3.8) is 0 Å². The number of benzene rings is 2. The van der Waals surface area contributed by atoms with Gasteiger partial charge in [-0.2, -0.15) is 0 Å². The van der Waals surface area contributed by atoms with Gasteiger partial charge in [0.1, 0.15) is 10.7 Å². The molecular weight excluding hydrogens is 432 g/mol. The number of primary amides is 1. The maximum atomic E-state index is 13.0. The van der Waals surface area contributed by atoms with Crippen LogP contribution >= 0.6 is 22.9 Å². The van der Waals surface area contributed by atoms with Crippen molar-refractivity contribution in [1.29, 1.82) is 0 Å². The minimum absolute atomic E-state index is 0.195. The molecule has 0 saturated heterocycles. The van der Waals surface area contributed by atoms with Crippen molar-refractivity contribution in [3.05, 3.63) is 86.2 Å². The molecule has 31 heavy (non-hydrogen) atoms. The number of amides is 1. The molecule has 4 aromatic rings. The van der Waals surface area contributed by atoms with E-state index in [1.165, 1.54) is 11.3 Å². The molecule has 1 atom stereocenters. The summed E-state index contributed by atoms with van der Waals surface area (Å²) in [5.41, 5.74) is 9.52. The van der Waals surface area contributed by atoms with Gasteiger partial charge >= 0.3 is 0 Å². The lowest BCUT2D eigenvalue weighted by molar-refractivity contribution is -0.124. The smallest absolute Gasteiger partial charge is 0.260 e. The minimum atomic E-state index is -0.441. The monoisotopic (exact) mass is 450 g/mol. The Morgan fingerprint density at radius 1 is 1.19 bits per heavy atom. The van der Waals surface area contributed by atoms with Crippen molar-refractivity contribution in [1.82, 2.24) is 14.9 Å². The molecular formula is C23H19ClN4O2S. The van der Waals surface area contributed by atoms with Gasteiger partial charge in [-0.15, -0.1) is 11.3 Å². The molecule has 6 nitrogen and oxygen atoms in total. The fourth-order valence-corrected chi connectivity index (χ4v) is 5.22. The van der Waals surface area contributed by atoms with Gasteiger partial charge in [-0.05, 0) is 35.2 Å². The van der Waals surface area contributed by atoms with Crippen LogP contribution in [0.5, 0.6) is 0 Å². The Kier molecular flexibility index (Phi) is 5.09. The maximum absolute atomic E-state index is 13.0. The number of nitrogens with two attached hydrogens (primary N) is 1. The molecule has 0 saturated carbocycles. The van der Waals surface area contributed by atoms with Crippen LogP contribution in [0.15, 0.2) is 58.7 Å². The van der Waals surface area contributed by atoms with E-state index in [4.69, 9.17) is 17.3 Å². The first-order valence-corrected chi connectivity index (χ1v) is 11.1. The number of rotatable bonds is 4. The fourth-order valence-electron chi connectivity index (χ4n) is 4.13. The number of halogens is 1. The molecule has 1 amide bonds. The van der Waals surface area contributed by atoms with Crippen molar-refractivity contribution < 1.29 is 4.79 Å². The molecule has 5 rings (SSSR count). The summed E-state index contributed by atoms with van der Waals surface area (Å²) in [6.45, 7) is 0.910. The quantitative estimate of drug-likeness (QED) is 0.495. The summed E-state index contributed by atoms with van der Waals surface area (Å²) in [7, 11) is 0. The highest BCUT2D eigenvalue weighted by atomic mass is 35.5. The van der Waals surface area contributed by atoms with E-state index in [0.717, 1.165) is 22.3 Å². The van der Waals surface area contributed by atoms with Gasteiger partial charge in [0.15, 0.2) is 0 Å². The van der Waals surface area contributed by atoms with E-state index >= 15 is 0 Å². The van der Waals surface area contributed by atoms with Gasteiger partial charge in [0.05, 0.1) is 18.0 Å². The SMILES string of the molecule is NC(=O)[C@H]1Cc2ccccc2CN1Cc1nc2scc(-c3ccc(Cl)cc3)c2c(=O)[nH]1. The maximum Gasteiger partial charge on any atom is 0.260 e. The van der Waals surface area contributed by atoms with Gasteiger partial charge in [0.25, 0.3) is 5.56 Å². The number of aromatic amines is 1. The summed E-state index contributed by atoms with van der Waals surface area (Å²) in [5, 5.41) is 3.14. The van der Waals surface area contributed by atoms with Crippen LogP contribution in [0.1, 0.15) is 17.0 Å². The van der Waals surface area contributed by atoms with E-state index in [-0.39, 0.29) is 11.5 Å². The Labute approximate surface area is 187 Å². The summed E-state index contributed by atoms with van der Waals surface area (Å²) < 4.78 is 0. The van der Waals surface area contributed by atoms with Gasteiger partial charge in [-0.3, -0.25) is 14.5 Å². The number of thiophene rings is 1. The van der Waals surface area contributed by atoms with Gasteiger partial charge in [-0.25, -0.2) is 4.98 Å². The first-order chi connectivity index (χ1) is 15.0. The van der Waals surface area contributed by atoms with Crippen LogP contribution in [0, 0.1) is 0 Å². The molecule has 2 aromatic heterocycles. The predicted octanol–water partition coefficient (Wildman–Crippen LogP) is 3.72. The normalized spacial score (nSPS) is 16.4. The zero-order valence-electron chi connectivity index (χ0n) is 16.5. The number of fused-ring (bicyclic) bond motifs is 2. The molecule has 0 fully saturated rings. The van der Waals surface area contributed by atoms with Crippen LogP contribution in [-0.2, 0) is 24.3 Å². The van der Waals surface area contributed by atoms with Gasteiger partial charge < -0.3 is 10.7 Å². The van der Waals surface area contributed by atoms with Crippen LogP contribution in [0.2, 0.25) is 5.02 Å². The third-order valence-electron chi connectivity index (χ3n) is 5.68. The second-order valence-corrected chi connectivity index (χ2v) is 8.94. The van der Waals surface area contributed by atoms with Gasteiger partial charge in [0.2, 0.25) is 5.91 Å². The highest BCUT2D eigenvalue weighted by Crippen LogP contribution is 2.32. The molecule has 1 aliphatic rings. The number of aromatic nitrogens is 2. The Morgan fingerprint density at radius 2 is 1.94 bits per heavy atom. The highest BCUT2D eigenvalue weighted by Gasteiger charge is 2.30. The predicted molar refractivity (Wildman–Crippen MR) is 123 cm³/mol. The fraction of sp³-hybridized carbons (Fsp3) is 0.174. The lowest BCUT2D eigenvalue weighted by Crippen LogP contribution is -2.48. The standard InChI is InChI=1S/C23H19ClN4O2S/c24-16-7-5-13(6-8-16)17-12-31-23-20(17)22(30)26-19(27-23)11-28-10-15-4-2-1-3-14(15)9-18(28)21(25)29/h1-8,12,18H,9-11H2,(H2,25,29)(H,26,27,30)/t18-/m1/s1. The van der Waals surface area contributed by atoms with Crippen LogP contribution < -0.4 is 11.3 Å². The zero-order chi connectivity index (χ0) is 21.5. The van der Waals surface area contributed by atoms with Crippen LogP contribution in [0.25, 0.3) is 21.3 Å². The highest BCUT2D eigenvalue weighted by molar-refractivity contribution is 7.17. The molecule has 0 aliphatic carbocycles. The van der Waals surface area contributed by atoms with E-state index in [0.29, 0.717) is 40.6 Å². The molecule has 3 N–H and O–H groups in total. The molecule has 8 heteroatoms. The lowest BCUT2D eigenvalue weighted by Gasteiger charge is -2.34. The molecule has 3 heterocycles. The average Bonchev–Trinajstić information content (AvgIpc) is 3.18. The second-order valence-electron chi connectivity index (χ2n) is 7.65. The van der Waals surface area contributed by atoms with Crippen molar-refractivity contribution in [2.24, 2.45) is 5.73 Å². The summed E-state index contributed by atoms with van der Waals surface area (Å²) in [6, 6.07) is 15.0. The first-order valence-electron chi connectivity index (χ1n) is 9.86. The van der Waals surface area contributed by atoms with Crippen molar-refractivity contribution in [2.45, 2.75) is 25.6 Å². The Morgan fingerprint density at radius 3 is 2.68 bits per heavy atom. The molecule has 0 spiro atoms. The van der Waals surface area contributed by atoms with E-state index in [2.05, 4.69) is 16.0 Å². The minimum Gasteiger partial charge on any atom is -0.368 e. The van der Waals surface area contributed by atoms with Crippen molar-refractivity contribution >= 4 is 39.1 Å². The van der Waals surface area contributed by atoms with E-state index < -0.39 is 6.04 Å². The van der Waals surface area contributed by atoms with Gasteiger partial charge in [0, 0.05) is 22.5 Å². The molecule has 0 unspecified atom stereocenters. The lowest BCUT2D eigenvalue weighted by atomic mass is 9.93. The van der Waals surface area contributed by atoms with E-state index in [9.17, 15) is 9.59 Å². The number of hydrogen-bond acceptors (Lipinski definition) is 5. The number of H-pyrrole nitrogens is 1. The third kappa shape index (κ3) is 3.76. The number of carbonyl (C=O) groups is 1.